The Bertz CT molecular complexity index is 1300. The van der Waals surface area contributed by atoms with Gasteiger partial charge in [-0.25, -0.2) is 0 Å². The third-order valence-corrected chi connectivity index (χ3v) is 6.63. The van der Waals surface area contributed by atoms with Crippen molar-refractivity contribution in [3.8, 4) is 17.2 Å². The molecular formula is C34H45NO4. The Morgan fingerprint density at radius 3 is 2.36 bits per heavy atom. The van der Waals surface area contributed by atoms with Crippen LogP contribution in [0.5, 0.6) is 17.2 Å². The van der Waals surface area contributed by atoms with Gasteiger partial charge in [-0.2, -0.15) is 0 Å². The molecule has 5 nitrogen and oxygen atoms in total. The Labute approximate surface area is 234 Å². The SMILES string of the molecule is CCCCOc1c(OC/C=C(\C)CCC=C(C)C)c(=O)n(CCCC)c2cc(OCc3ccccc3)ccc12. The first kappa shape index (κ1) is 30.1. The van der Waals surface area contributed by atoms with Gasteiger partial charge >= 0.3 is 0 Å². The van der Waals surface area contributed by atoms with Crippen LogP contribution in [-0.2, 0) is 13.2 Å². The average Bonchev–Trinajstić information content (AvgIpc) is 2.93. The summed E-state index contributed by atoms with van der Waals surface area (Å²) < 4.78 is 20.3. The van der Waals surface area contributed by atoms with Crippen LogP contribution >= 0.6 is 0 Å². The largest absolute Gasteiger partial charge is 0.489 e. The predicted molar refractivity (Wildman–Crippen MR) is 162 cm³/mol. The van der Waals surface area contributed by atoms with Gasteiger partial charge in [-0.3, -0.25) is 4.79 Å². The number of hydrogen-bond acceptors (Lipinski definition) is 4. The van der Waals surface area contributed by atoms with Crippen LogP contribution in [0.4, 0.5) is 0 Å². The highest BCUT2D eigenvalue weighted by Gasteiger charge is 2.20. The number of pyridine rings is 1. The summed E-state index contributed by atoms with van der Waals surface area (Å²) in [4.78, 5) is 13.8. The number of fused-ring (bicyclic) bond motifs is 1. The lowest BCUT2D eigenvalue weighted by Gasteiger charge is -2.19. The zero-order chi connectivity index (χ0) is 28.0. The van der Waals surface area contributed by atoms with Crippen LogP contribution < -0.4 is 19.8 Å². The van der Waals surface area contributed by atoms with Gasteiger partial charge in [-0.05, 0) is 70.2 Å². The highest BCUT2D eigenvalue weighted by atomic mass is 16.5. The number of ether oxygens (including phenoxy) is 3. The molecule has 0 aliphatic rings. The molecule has 39 heavy (non-hydrogen) atoms. The molecule has 3 rings (SSSR count). The van der Waals surface area contributed by atoms with Crippen LogP contribution in [-0.4, -0.2) is 17.8 Å². The molecule has 5 heteroatoms. The second-order valence-electron chi connectivity index (χ2n) is 10.3. The summed E-state index contributed by atoms with van der Waals surface area (Å²) >= 11 is 0. The number of nitrogens with zero attached hydrogens (tertiary/aromatic N) is 1. The van der Waals surface area contributed by atoms with E-state index < -0.39 is 0 Å². The summed E-state index contributed by atoms with van der Waals surface area (Å²) in [6, 6.07) is 16.0. The van der Waals surface area contributed by atoms with E-state index in [4.69, 9.17) is 14.2 Å². The highest BCUT2D eigenvalue weighted by Crippen LogP contribution is 2.35. The number of aromatic nitrogens is 1. The molecule has 0 unspecified atom stereocenters. The highest BCUT2D eigenvalue weighted by molar-refractivity contribution is 5.89. The number of allylic oxidation sites excluding steroid dienone is 3. The Hall–Kier alpha value is -3.47. The van der Waals surface area contributed by atoms with E-state index in [0.717, 1.165) is 60.7 Å². The lowest BCUT2D eigenvalue weighted by molar-refractivity contribution is 0.277. The first-order valence-electron chi connectivity index (χ1n) is 14.4. The zero-order valence-corrected chi connectivity index (χ0v) is 24.4. The fraction of sp³-hybridized carbons (Fsp3) is 0.441. The van der Waals surface area contributed by atoms with Gasteiger partial charge in [0.1, 0.15) is 19.0 Å². The summed E-state index contributed by atoms with van der Waals surface area (Å²) in [5, 5.41) is 0.869. The third kappa shape index (κ3) is 9.05. The Morgan fingerprint density at radius 1 is 0.872 bits per heavy atom. The number of unbranched alkanes of at least 4 members (excludes halogenated alkanes) is 2. The summed E-state index contributed by atoms with van der Waals surface area (Å²) in [6.07, 6.45) is 10.1. The van der Waals surface area contributed by atoms with E-state index in [1.54, 1.807) is 0 Å². The maximum absolute atomic E-state index is 13.8. The molecule has 0 amide bonds. The van der Waals surface area contributed by atoms with Crippen LogP contribution in [0.3, 0.4) is 0 Å². The first-order valence-corrected chi connectivity index (χ1v) is 14.4. The molecule has 3 aromatic rings. The van der Waals surface area contributed by atoms with Crippen LogP contribution in [0.1, 0.15) is 78.7 Å². The molecule has 0 spiro atoms. The monoisotopic (exact) mass is 531 g/mol. The summed E-state index contributed by atoms with van der Waals surface area (Å²) in [5.41, 5.74) is 4.32. The molecule has 0 aliphatic carbocycles. The maximum Gasteiger partial charge on any atom is 0.297 e. The second kappa shape index (κ2) is 15.8. The average molecular weight is 532 g/mol. The maximum atomic E-state index is 13.8. The smallest absolute Gasteiger partial charge is 0.297 e. The van der Waals surface area contributed by atoms with Gasteiger partial charge in [-0.15, -0.1) is 0 Å². The first-order chi connectivity index (χ1) is 18.9. The predicted octanol–water partition coefficient (Wildman–Crippen LogP) is 8.63. The van der Waals surface area contributed by atoms with E-state index in [0.29, 0.717) is 37.9 Å². The molecule has 0 saturated carbocycles. The number of rotatable bonds is 16. The lowest BCUT2D eigenvalue weighted by atomic mass is 10.1. The van der Waals surface area contributed by atoms with Gasteiger partial charge in [0.25, 0.3) is 5.56 Å². The van der Waals surface area contributed by atoms with Gasteiger partial charge in [0.05, 0.1) is 12.1 Å². The molecule has 0 radical (unpaired) electrons. The van der Waals surface area contributed by atoms with E-state index in [-0.39, 0.29) is 5.56 Å². The van der Waals surface area contributed by atoms with Crippen LogP contribution in [0.2, 0.25) is 0 Å². The van der Waals surface area contributed by atoms with Crippen molar-refractivity contribution in [2.75, 3.05) is 13.2 Å². The minimum Gasteiger partial charge on any atom is -0.489 e. The molecule has 0 atom stereocenters. The van der Waals surface area contributed by atoms with Crippen LogP contribution in [0.25, 0.3) is 10.9 Å². The van der Waals surface area contributed by atoms with Gasteiger partial charge < -0.3 is 18.8 Å². The minimum atomic E-state index is -0.154. The van der Waals surface area contributed by atoms with Crippen molar-refractivity contribution in [3.05, 3.63) is 87.7 Å². The molecule has 0 saturated heterocycles. The molecule has 0 N–H and O–H groups in total. The Morgan fingerprint density at radius 2 is 1.64 bits per heavy atom. The van der Waals surface area contributed by atoms with Crippen molar-refractivity contribution >= 4 is 10.9 Å². The molecule has 2 aromatic carbocycles. The third-order valence-electron chi connectivity index (χ3n) is 6.63. The van der Waals surface area contributed by atoms with E-state index in [1.807, 2.05) is 53.1 Å². The Balaban J connectivity index is 1.97. The number of hydrogen-bond donors (Lipinski definition) is 0. The topological polar surface area (TPSA) is 49.7 Å². The summed E-state index contributed by atoms with van der Waals surface area (Å²) in [6.45, 7) is 12.5. The van der Waals surface area contributed by atoms with Gasteiger partial charge in [0.2, 0.25) is 5.75 Å². The van der Waals surface area contributed by atoms with Crippen molar-refractivity contribution < 1.29 is 14.2 Å². The van der Waals surface area contributed by atoms with E-state index in [1.165, 1.54) is 11.1 Å². The van der Waals surface area contributed by atoms with Crippen molar-refractivity contribution in [1.29, 1.82) is 0 Å². The fourth-order valence-corrected chi connectivity index (χ4v) is 4.29. The second-order valence-corrected chi connectivity index (χ2v) is 10.3. The number of aryl methyl sites for hydroxylation is 1. The van der Waals surface area contributed by atoms with E-state index in [2.05, 4.69) is 46.8 Å². The molecule has 1 aromatic heterocycles. The normalized spacial score (nSPS) is 11.5. The summed E-state index contributed by atoms with van der Waals surface area (Å²) in [5.74, 6) is 1.54. The van der Waals surface area contributed by atoms with Crippen LogP contribution in [0, 0.1) is 0 Å². The van der Waals surface area contributed by atoms with Crippen molar-refractivity contribution in [2.45, 2.75) is 86.3 Å². The fourth-order valence-electron chi connectivity index (χ4n) is 4.29. The molecule has 1 heterocycles. The molecule has 0 bridgehead atoms. The van der Waals surface area contributed by atoms with E-state index >= 15 is 0 Å². The van der Waals surface area contributed by atoms with Gasteiger partial charge in [-0.1, -0.05) is 74.2 Å². The minimum absolute atomic E-state index is 0.154. The van der Waals surface area contributed by atoms with E-state index in [9.17, 15) is 4.79 Å². The van der Waals surface area contributed by atoms with Crippen LogP contribution in [0.15, 0.2) is 76.6 Å². The molecular weight excluding hydrogens is 486 g/mol. The Kier molecular flexibility index (Phi) is 12.2. The quantitative estimate of drug-likeness (QED) is 0.137. The van der Waals surface area contributed by atoms with Crippen molar-refractivity contribution in [3.63, 3.8) is 0 Å². The standard InChI is InChI=1S/C34H45NO4/c1-6-8-21-35-31-24-29(39-25-28-16-11-10-12-17-28)18-19-30(31)32(37-22-9-7-2)33(34(35)36)38-23-20-27(5)15-13-14-26(3)4/h10-12,14,16-20,24H,6-9,13,15,21-23,25H2,1-5H3/b27-20+. The van der Waals surface area contributed by atoms with Crippen molar-refractivity contribution in [2.24, 2.45) is 0 Å². The van der Waals surface area contributed by atoms with Crippen molar-refractivity contribution in [1.82, 2.24) is 4.57 Å². The molecule has 0 aliphatic heterocycles. The zero-order valence-electron chi connectivity index (χ0n) is 24.4. The van der Waals surface area contributed by atoms with Gasteiger partial charge in [0.15, 0.2) is 5.75 Å². The molecule has 0 fully saturated rings. The number of benzene rings is 2. The lowest BCUT2D eigenvalue weighted by Crippen LogP contribution is -2.24. The van der Waals surface area contributed by atoms with Gasteiger partial charge in [0, 0.05) is 18.0 Å². The summed E-state index contributed by atoms with van der Waals surface area (Å²) in [7, 11) is 0. The molecule has 210 valence electrons.